The van der Waals surface area contributed by atoms with Crippen molar-refractivity contribution >= 4 is 15.4 Å². The lowest BCUT2D eigenvalue weighted by Gasteiger charge is -2.30. The largest absolute Gasteiger partial charge is 0.411 e. The molecule has 0 bridgehead atoms. The Morgan fingerprint density at radius 1 is 1.41 bits per heavy atom. The smallest absolute Gasteiger partial charge is 0.155 e. The van der Waals surface area contributed by atoms with Crippen LogP contribution in [-0.2, 0) is 22.6 Å². The number of oxime groups is 1. The van der Waals surface area contributed by atoms with Gasteiger partial charge < -0.3 is 5.21 Å². The van der Waals surface area contributed by atoms with Crippen LogP contribution in [0.5, 0.6) is 0 Å². The molecule has 4 rings (SSSR count). The first kappa shape index (κ1) is 18.1. The van der Waals surface area contributed by atoms with Crippen molar-refractivity contribution in [3.05, 3.63) is 46.5 Å². The van der Waals surface area contributed by atoms with Gasteiger partial charge in [0.2, 0.25) is 0 Å². The Labute approximate surface area is 156 Å². The summed E-state index contributed by atoms with van der Waals surface area (Å²) >= 11 is 0. The van der Waals surface area contributed by atoms with E-state index in [9.17, 15) is 13.8 Å². The third-order valence-electron chi connectivity index (χ3n) is 5.33. The van der Waals surface area contributed by atoms with Crippen LogP contribution in [0.3, 0.4) is 0 Å². The van der Waals surface area contributed by atoms with Gasteiger partial charge in [-0.2, -0.15) is 0 Å². The normalized spacial score (nSPS) is 21.4. The van der Waals surface area contributed by atoms with Crippen molar-refractivity contribution in [2.24, 2.45) is 5.16 Å². The molecule has 1 aromatic heterocycles. The Morgan fingerprint density at radius 2 is 2.22 bits per heavy atom. The first-order valence-electron chi connectivity index (χ1n) is 9.04. The zero-order valence-corrected chi connectivity index (χ0v) is 15.5. The van der Waals surface area contributed by atoms with Crippen molar-refractivity contribution in [3.8, 4) is 0 Å². The highest BCUT2D eigenvalue weighted by molar-refractivity contribution is 7.93. The van der Waals surface area contributed by atoms with Crippen LogP contribution in [-0.4, -0.2) is 36.4 Å². The number of rotatable bonds is 8. The van der Waals surface area contributed by atoms with E-state index >= 15 is 0 Å². The van der Waals surface area contributed by atoms with E-state index in [1.165, 1.54) is 12.1 Å². The molecule has 0 amide bonds. The van der Waals surface area contributed by atoms with Gasteiger partial charge in [0.1, 0.15) is 17.2 Å². The summed E-state index contributed by atoms with van der Waals surface area (Å²) in [5.41, 5.74) is 3.29. The molecule has 2 aliphatic carbocycles. The number of aryl methyl sites for hydroxylation is 1. The summed E-state index contributed by atoms with van der Waals surface area (Å²) in [5, 5.41) is 20.6. The minimum Gasteiger partial charge on any atom is -0.411 e. The van der Waals surface area contributed by atoms with E-state index in [0.29, 0.717) is 42.1 Å². The number of fused-ring (bicyclic) bond motifs is 1. The lowest BCUT2D eigenvalue weighted by Crippen LogP contribution is -2.22. The van der Waals surface area contributed by atoms with Crippen molar-refractivity contribution in [3.63, 3.8) is 0 Å². The fraction of sp³-hybridized carbons (Fsp3) is 0.500. The Kier molecular flexibility index (Phi) is 4.71. The second kappa shape index (κ2) is 7.03. The highest BCUT2D eigenvalue weighted by atomic mass is 32.2. The summed E-state index contributed by atoms with van der Waals surface area (Å²) in [6.45, 7) is 0. The number of hydrogen-bond acceptors (Lipinski definition) is 7. The van der Waals surface area contributed by atoms with Gasteiger partial charge in [0, 0.05) is 27.2 Å². The summed E-state index contributed by atoms with van der Waals surface area (Å²) in [6, 6.07) is 4.74. The van der Waals surface area contributed by atoms with Crippen LogP contribution in [0.2, 0.25) is 0 Å². The molecule has 0 spiro atoms. The quantitative estimate of drug-likeness (QED) is 0.407. The van der Waals surface area contributed by atoms with Crippen LogP contribution in [0.15, 0.2) is 28.0 Å². The molecule has 0 radical (unpaired) electrons. The van der Waals surface area contributed by atoms with E-state index in [4.69, 9.17) is 9.41 Å². The number of halogens is 1. The topological polar surface area (TPSA) is 112 Å². The highest BCUT2D eigenvalue weighted by Crippen LogP contribution is 2.38. The van der Waals surface area contributed by atoms with Crippen LogP contribution in [0, 0.1) is 10.6 Å². The van der Waals surface area contributed by atoms with Crippen LogP contribution in [0.25, 0.3) is 0 Å². The summed E-state index contributed by atoms with van der Waals surface area (Å²) in [6.07, 6.45) is 3.95. The number of hydrogen-bond donors (Lipinski definition) is 2. The van der Waals surface area contributed by atoms with Gasteiger partial charge in [0.25, 0.3) is 0 Å². The number of nitrogens with one attached hydrogen (secondary N) is 1. The molecule has 7 nitrogen and oxygen atoms in total. The average Bonchev–Trinajstić information content (AvgIpc) is 3.40. The summed E-state index contributed by atoms with van der Waals surface area (Å²) < 4.78 is 38.4. The van der Waals surface area contributed by atoms with E-state index in [-0.39, 0.29) is 17.0 Å². The first-order valence-corrected chi connectivity index (χ1v) is 10.8. The highest BCUT2D eigenvalue weighted by Gasteiger charge is 2.33. The van der Waals surface area contributed by atoms with Crippen LogP contribution in [0.1, 0.15) is 54.1 Å². The van der Waals surface area contributed by atoms with E-state index in [1.54, 1.807) is 6.07 Å². The molecule has 1 heterocycles. The molecule has 27 heavy (non-hydrogen) atoms. The van der Waals surface area contributed by atoms with E-state index in [0.717, 1.165) is 30.4 Å². The predicted molar refractivity (Wildman–Crippen MR) is 97.2 cm³/mol. The minimum absolute atomic E-state index is 0.0426. The lowest BCUT2D eigenvalue weighted by atomic mass is 9.74. The van der Waals surface area contributed by atoms with Gasteiger partial charge in [-0.1, -0.05) is 16.4 Å². The molecule has 0 saturated heterocycles. The number of aromatic nitrogens is 2. The molecular weight excluding hydrogens is 371 g/mol. The van der Waals surface area contributed by atoms with Gasteiger partial charge in [-0.3, -0.25) is 4.78 Å². The number of benzene rings is 1. The zero-order valence-electron chi connectivity index (χ0n) is 14.7. The van der Waals surface area contributed by atoms with Gasteiger partial charge in [-0.05, 0) is 66.4 Å². The fourth-order valence-electron chi connectivity index (χ4n) is 3.64. The van der Waals surface area contributed by atoms with E-state index in [2.05, 4.69) is 15.5 Å². The van der Waals surface area contributed by atoms with Crippen molar-refractivity contribution in [2.45, 2.75) is 49.7 Å². The summed E-state index contributed by atoms with van der Waals surface area (Å²) in [4.78, 5) is 0. The van der Waals surface area contributed by atoms with E-state index in [1.807, 2.05) is 0 Å². The third-order valence-corrected chi connectivity index (χ3v) is 7.77. The zero-order chi connectivity index (χ0) is 19.0. The van der Waals surface area contributed by atoms with Gasteiger partial charge in [-0.25, -0.2) is 13.2 Å². The molecule has 1 aromatic carbocycles. The molecule has 0 aliphatic heterocycles. The Bertz CT molecular complexity index is 982. The number of nitrogens with zero attached hydrogens (tertiary/aromatic N) is 3. The van der Waals surface area contributed by atoms with E-state index < -0.39 is 9.73 Å². The lowest BCUT2D eigenvalue weighted by molar-refractivity contribution is 0.300. The summed E-state index contributed by atoms with van der Waals surface area (Å²) in [5.74, 6) is 0.109. The SMILES string of the molecule is N=S(=O)(CCCc1nonc1/C(C[C@@H]1Cc2ccc(F)cc21)=N\O)C1CC1. The van der Waals surface area contributed by atoms with Crippen molar-refractivity contribution in [1.82, 2.24) is 10.3 Å². The second-order valence-electron chi connectivity index (χ2n) is 7.29. The maximum Gasteiger partial charge on any atom is 0.155 e. The first-order chi connectivity index (χ1) is 13.0. The molecule has 2 aliphatic rings. The average molecular weight is 392 g/mol. The van der Waals surface area contributed by atoms with Crippen molar-refractivity contribution in [2.75, 3.05) is 5.75 Å². The Hall–Kier alpha value is -2.29. The van der Waals surface area contributed by atoms with Gasteiger partial charge in [0.05, 0.1) is 0 Å². The van der Waals surface area contributed by atoms with Crippen molar-refractivity contribution in [1.29, 1.82) is 4.78 Å². The Morgan fingerprint density at radius 3 is 2.96 bits per heavy atom. The van der Waals surface area contributed by atoms with Crippen LogP contribution in [0.4, 0.5) is 4.39 Å². The van der Waals surface area contributed by atoms with Crippen LogP contribution < -0.4 is 0 Å². The summed E-state index contributed by atoms with van der Waals surface area (Å²) in [7, 11) is -2.52. The molecule has 1 unspecified atom stereocenters. The predicted octanol–water partition coefficient (Wildman–Crippen LogP) is 3.26. The molecule has 144 valence electrons. The van der Waals surface area contributed by atoms with Gasteiger partial charge >= 0.3 is 0 Å². The monoisotopic (exact) mass is 392 g/mol. The second-order valence-corrected chi connectivity index (χ2v) is 9.82. The Balaban J connectivity index is 1.41. The molecule has 9 heteroatoms. The van der Waals surface area contributed by atoms with Crippen molar-refractivity contribution < 1.29 is 18.4 Å². The fourth-order valence-corrected chi connectivity index (χ4v) is 5.44. The van der Waals surface area contributed by atoms with Gasteiger partial charge in [-0.15, -0.1) is 0 Å². The molecule has 2 N–H and O–H groups in total. The molecule has 2 atom stereocenters. The maximum atomic E-state index is 13.5. The standard InChI is InChI=1S/C18H21FN4O3S/c19-13-4-3-11-8-12(15(11)10-13)9-17(21-24)18-16(22-26-23-18)2-1-7-27(20,25)14-5-6-14/h3-4,10,12,14,20,24H,1-2,5-9H2/b21-17-/t12-,27?/m0/s1. The van der Waals surface area contributed by atoms with Crippen LogP contribution >= 0.6 is 0 Å². The minimum atomic E-state index is -2.52. The molecule has 1 saturated carbocycles. The third kappa shape index (κ3) is 3.73. The van der Waals surface area contributed by atoms with Gasteiger partial charge in [0.15, 0.2) is 5.69 Å². The molecule has 1 fully saturated rings. The molecular formula is C18H21FN4O3S. The molecule has 2 aromatic rings. The maximum absolute atomic E-state index is 13.5.